The number of nitriles is 1. The van der Waals surface area contributed by atoms with Crippen molar-refractivity contribution in [2.45, 2.75) is 51.2 Å². The van der Waals surface area contributed by atoms with Gasteiger partial charge in [-0.25, -0.2) is 9.97 Å². The van der Waals surface area contributed by atoms with E-state index in [1.807, 2.05) is 47.7 Å². The fourth-order valence-corrected chi connectivity index (χ4v) is 7.62. The summed E-state index contributed by atoms with van der Waals surface area (Å²) in [5.74, 6) is 0.978. The Balaban J connectivity index is 1.24. The van der Waals surface area contributed by atoms with Crippen molar-refractivity contribution < 1.29 is 15.0 Å². The highest BCUT2D eigenvalue weighted by molar-refractivity contribution is 7.17. The summed E-state index contributed by atoms with van der Waals surface area (Å²) in [6, 6.07) is 10.2. The number of carbonyl (C=O) groups is 1. The van der Waals surface area contributed by atoms with E-state index < -0.39 is 6.10 Å². The van der Waals surface area contributed by atoms with Gasteiger partial charge in [0.05, 0.1) is 24.9 Å². The minimum Gasteiger partial charge on any atom is -0.395 e. The van der Waals surface area contributed by atoms with Crippen LogP contribution in [0.2, 0.25) is 0 Å². The van der Waals surface area contributed by atoms with E-state index in [9.17, 15) is 20.3 Å². The number of hydrogen-bond acceptors (Lipinski definition) is 11. The quantitative estimate of drug-likeness (QED) is 0.310. The van der Waals surface area contributed by atoms with E-state index in [1.54, 1.807) is 16.2 Å². The van der Waals surface area contributed by atoms with Crippen molar-refractivity contribution in [3.63, 3.8) is 0 Å². The van der Waals surface area contributed by atoms with Crippen LogP contribution < -0.4 is 4.90 Å². The predicted octanol–water partition coefficient (Wildman–Crippen LogP) is 3.17. The van der Waals surface area contributed by atoms with Crippen LogP contribution in [-0.2, 0) is 11.2 Å². The SMILES string of the molecule is CCc1nc2sc(C3CCN(CC(=O)N4CC(O)C4)[C@@H](CO)C3)nn2c1N(C)c1nc(-c2ccc(C)cc2)c(C#N)s1. The molecule has 0 spiro atoms. The van der Waals surface area contributed by atoms with Crippen molar-refractivity contribution in [3.05, 3.63) is 45.4 Å². The van der Waals surface area contributed by atoms with Crippen LogP contribution in [0.4, 0.5) is 10.9 Å². The first-order valence-corrected chi connectivity index (χ1v) is 15.8. The highest BCUT2D eigenvalue weighted by atomic mass is 32.1. The second-order valence-electron chi connectivity index (χ2n) is 11.1. The van der Waals surface area contributed by atoms with Crippen LogP contribution >= 0.6 is 22.7 Å². The van der Waals surface area contributed by atoms with Crippen LogP contribution in [0.1, 0.15) is 46.8 Å². The second kappa shape index (κ2) is 11.7. The molecule has 2 fully saturated rings. The molecule has 2 aliphatic rings. The van der Waals surface area contributed by atoms with Gasteiger partial charge in [0.1, 0.15) is 21.6 Å². The number of aliphatic hydroxyl groups is 2. The van der Waals surface area contributed by atoms with Gasteiger partial charge in [-0.05, 0) is 32.7 Å². The monoisotopic (exact) mass is 606 g/mol. The number of carbonyl (C=O) groups excluding carboxylic acids is 1. The van der Waals surface area contributed by atoms with E-state index in [0.717, 1.165) is 45.4 Å². The summed E-state index contributed by atoms with van der Waals surface area (Å²) in [7, 11) is 1.94. The zero-order chi connectivity index (χ0) is 29.5. The molecule has 6 rings (SSSR count). The van der Waals surface area contributed by atoms with E-state index in [4.69, 9.17) is 15.1 Å². The lowest BCUT2D eigenvalue weighted by Crippen LogP contribution is -2.57. The van der Waals surface area contributed by atoms with Crippen molar-refractivity contribution in [2.75, 3.05) is 44.7 Å². The number of aliphatic hydroxyl groups excluding tert-OH is 2. The van der Waals surface area contributed by atoms with E-state index in [-0.39, 0.29) is 31.0 Å². The van der Waals surface area contributed by atoms with Crippen molar-refractivity contribution in [3.8, 4) is 17.3 Å². The van der Waals surface area contributed by atoms with Gasteiger partial charge < -0.3 is 20.0 Å². The van der Waals surface area contributed by atoms with Crippen LogP contribution in [0.3, 0.4) is 0 Å². The summed E-state index contributed by atoms with van der Waals surface area (Å²) in [6.07, 6.45) is 1.83. The first-order valence-electron chi connectivity index (χ1n) is 14.2. The van der Waals surface area contributed by atoms with Gasteiger partial charge in [-0.1, -0.05) is 59.4 Å². The Morgan fingerprint density at radius 1 is 1.21 bits per heavy atom. The summed E-state index contributed by atoms with van der Waals surface area (Å²) < 4.78 is 1.89. The van der Waals surface area contributed by atoms with Crippen LogP contribution in [0.25, 0.3) is 16.2 Å². The average Bonchev–Trinajstić information content (AvgIpc) is 3.68. The Kier molecular flexibility index (Phi) is 7.99. The lowest BCUT2D eigenvalue weighted by molar-refractivity contribution is -0.143. The second-order valence-corrected chi connectivity index (χ2v) is 13.0. The molecule has 2 N–H and O–H groups in total. The fraction of sp³-hybridized carbons (Fsp3) is 0.483. The number of fused-ring (bicyclic) bond motifs is 1. The van der Waals surface area contributed by atoms with Gasteiger partial charge in [0.2, 0.25) is 10.9 Å². The summed E-state index contributed by atoms with van der Waals surface area (Å²) in [6.45, 7) is 5.78. The third kappa shape index (κ3) is 5.29. The molecule has 0 radical (unpaired) electrons. The van der Waals surface area contributed by atoms with Gasteiger partial charge in [-0.2, -0.15) is 14.9 Å². The number of imidazole rings is 1. The minimum atomic E-state index is -0.423. The number of anilines is 2. The van der Waals surface area contributed by atoms with Gasteiger partial charge in [-0.15, -0.1) is 0 Å². The Labute approximate surface area is 252 Å². The molecule has 13 heteroatoms. The molecule has 220 valence electrons. The molecular formula is C29H34N8O3S2. The van der Waals surface area contributed by atoms with Gasteiger partial charge in [0.15, 0.2) is 10.9 Å². The van der Waals surface area contributed by atoms with Crippen molar-refractivity contribution in [2.24, 2.45) is 0 Å². The van der Waals surface area contributed by atoms with Gasteiger partial charge in [0.25, 0.3) is 0 Å². The Bertz CT molecular complexity index is 1630. The number of amides is 1. The highest BCUT2D eigenvalue weighted by Crippen LogP contribution is 2.39. The molecule has 2 saturated heterocycles. The molecule has 1 amide bonds. The largest absolute Gasteiger partial charge is 0.395 e. The number of likely N-dealkylation sites (tertiary alicyclic amines) is 2. The van der Waals surface area contributed by atoms with Crippen LogP contribution in [0.5, 0.6) is 0 Å². The number of β-amino-alcohol motifs (C(OH)–C–C–N with tert-alkyl or cyclic N) is 1. The number of benzene rings is 1. The number of nitrogens with zero attached hydrogens (tertiary/aromatic N) is 8. The number of piperidine rings is 1. The van der Waals surface area contributed by atoms with Crippen molar-refractivity contribution in [1.29, 1.82) is 5.26 Å². The lowest BCUT2D eigenvalue weighted by Gasteiger charge is -2.41. The summed E-state index contributed by atoms with van der Waals surface area (Å²) in [4.78, 5) is 29.4. The first-order chi connectivity index (χ1) is 20.3. The Morgan fingerprint density at radius 2 is 1.98 bits per heavy atom. The normalized spacial score (nSPS) is 19.7. The molecule has 1 unspecified atom stereocenters. The zero-order valence-electron chi connectivity index (χ0n) is 23.9. The van der Waals surface area contributed by atoms with Crippen LogP contribution in [0, 0.1) is 18.3 Å². The predicted molar refractivity (Wildman–Crippen MR) is 162 cm³/mol. The Hall–Kier alpha value is -3.41. The molecule has 0 bridgehead atoms. The average molecular weight is 607 g/mol. The molecule has 1 aromatic carbocycles. The first kappa shape index (κ1) is 28.7. The van der Waals surface area contributed by atoms with E-state index in [2.05, 4.69) is 17.9 Å². The minimum absolute atomic E-state index is 0.00281. The Morgan fingerprint density at radius 3 is 2.64 bits per heavy atom. The van der Waals surface area contributed by atoms with Crippen molar-refractivity contribution >= 4 is 44.5 Å². The summed E-state index contributed by atoms with van der Waals surface area (Å²) in [5, 5.41) is 36.2. The maximum atomic E-state index is 12.6. The molecule has 0 saturated carbocycles. The lowest BCUT2D eigenvalue weighted by atomic mass is 9.91. The van der Waals surface area contributed by atoms with E-state index >= 15 is 0 Å². The molecule has 11 nitrogen and oxygen atoms in total. The number of aromatic nitrogens is 4. The molecule has 5 heterocycles. The maximum absolute atomic E-state index is 12.6. The van der Waals surface area contributed by atoms with E-state index in [0.29, 0.717) is 41.8 Å². The molecule has 4 aromatic rings. The van der Waals surface area contributed by atoms with Crippen molar-refractivity contribution in [1.82, 2.24) is 29.4 Å². The molecule has 2 aliphatic heterocycles. The van der Waals surface area contributed by atoms with Gasteiger partial charge >= 0.3 is 0 Å². The number of hydrogen-bond donors (Lipinski definition) is 2. The topological polar surface area (TPSA) is 134 Å². The van der Waals surface area contributed by atoms with Crippen LogP contribution in [-0.4, -0.2) is 97.5 Å². The summed E-state index contributed by atoms with van der Waals surface area (Å²) in [5.41, 5.74) is 3.64. The fourth-order valence-electron chi connectivity index (χ4n) is 5.71. The van der Waals surface area contributed by atoms with Crippen LogP contribution in [0.15, 0.2) is 24.3 Å². The van der Waals surface area contributed by atoms with Gasteiger partial charge in [0, 0.05) is 37.7 Å². The van der Waals surface area contributed by atoms with E-state index in [1.165, 1.54) is 11.3 Å². The smallest absolute Gasteiger partial charge is 0.236 e. The maximum Gasteiger partial charge on any atom is 0.236 e. The third-order valence-electron chi connectivity index (χ3n) is 8.20. The third-order valence-corrected chi connectivity index (χ3v) is 10.3. The van der Waals surface area contributed by atoms with Gasteiger partial charge in [-0.3, -0.25) is 9.69 Å². The molecule has 42 heavy (non-hydrogen) atoms. The number of rotatable bonds is 8. The number of thiazole rings is 1. The number of aryl methyl sites for hydroxylation is 2. The molecule has 0 aliphatic carbocycles. The summed E-state index contributed by atoms with van der Waals surface area (Å²) >= 11 is 2.92. The molecular weight excluding hydrogens is 573 g/mol. The highest BCUT2D eigenvalue weighted by Gasteiger charge is 2.35. The molecule has 2 atom stereocenters. The zero-order valence-corrected chi connectivity index (χ0v) is 25.5. The molecule has 3 aromatic heterocycles. The standard InChI is InChI=1S/C29H34N8O3S2/c1-4-22-27(34(3)28-32-25(23(12-30)41-28)18-7-5-17(2)6-8-18)37-29(31-22)42-26(33-37)19-9-10-35(20(11-19)16-38)15-24(40)36-13-21(39)14-36/h5-8,19-21,38-39H,4,9-11,13-16H2,1-3H3/t19?,20-/m1/s1.